The smallest absolute Gasteiger partial charge is 0.346 e. The number of benzene rings is 1. The van der Waals surface area contributed by atoms with Crippen LogP contribution >= 0.6 is 22.9 Å². The average Bonchev–Trinajstić information content (AvgIpc) is 3.14. The quantitative estimate of drug-likeness (QED) is 0.573. The number of alkyl halides is 3. The summed E-state index contributed by atoms with van der Waals surface area (Å²) in [6.07, 6.45) is 1.25. The van der Waals surface area contributed by atoms with Crippen molar-refractivity contribution in [1.29, 1.82) is 0 Å². The van der Waals surface area contributed by atoms with Gasteiger partial charge in [-0.3, -0.25) is 9.78 Å². The molecule has 3 aromatic rings. The lowest BCUT2D eigenvalue weighted by Crippen LogP contribution is -2.20. The molecular formula is C19H13ClF3N3OS. The first-order valence-electron chi connectivity index (χ1n) is 8.00. The predicted molar refractivity (Wildman–Crippen MR) is 103 cm³/mol. The number of amides is 1. The summed E-state index contributed by atoms with van der Waals surface area (Å²) < 4.78 is 38.6. The van der Waals surface area contributed by atoms with Crippen LogP contribution in [0.4, 0.5) is 13.2 Å². The van der Waals surface area contributed by atoms with E-state index in [9.17, 15) is 18.0 Å². The van der Waals surface area contributed by atoms with Gasteiger partial charge in [-0.05, 0) is 35.9 Å². The molecule has 2 aromatic heterocycles. The molecule has 0 saturated heterocycles. The number of halogens is 4. The van der Waals surface area contributed by atoms with Gasteiger partial charge >= 0.3 is 6.18 Å². The molecule has 4 nitrogen and oxygen atoms in total. The minimum absolute atomic E-state index is 0.216. The van der Waals surface area contributed by atoms with Crippen molar-refractivity contribution >= 4 is 34.9 Å². The lowest BCUT2D eigenvalue weighted by molar-refractivity contribution is -0.137. The Balaban J connectivity index is 1.60. The summed E-state index contributed by atoms with van der Waals surface area (Å²) in [6.45, 7) is 0.216. The maximum Gasteiger partial charge on any atom is 0.417 e. The molecule has 0 aliphatic heterocycles. The molecule has 2 heterocycles. The molecule has 1 amide bonds. The number of rotatable bonds is 5. The van der Waals surface area contributed by atoms with Crippen LogP contribution in [0.1, 0.15) is 16.1 Å². The number of carbonyl (C=O) groups excluding carboxylic acids is 1. The first-order valence-corrected chi connectivity index (χ1v) is 9.26. The zero-order valence-electron chi connectivity index (χ0n) is 14.2. The van der Waals surface area contributed by atoms with Crippen LogP contribution in [0.3, 0.4) is 0 Å². The number of hydrogen-bond acceptors (Lipinski definition) is 4. The van der Waals surface area contributed by atoms with E-state index in [4.69, 9.17) is 11.6 Å². The first-order chi connectivity index (χ1) is 13.3. The predicted octanol–water partition coefficient (Wildman–Crippen LogP) is 5.21. The van der Waals surface area contributed by atoms with Crippen molar-refractivity contribution in [1.82, 2.24) is 15.3 Å². The first kappa shape index (κ1) is 20.0. The van der Waals surface area contributed by atoms with E-state index in [-0.39, 0.29) is 17.1 Å². The van der Waals surface area contributed by atoms with Crippen LogP contribution in [0.25, 0.3) is 17.3 Å². The largest absolute Gasteiger partial charge is 0.417 e. The van der Waals surface area contributed by atoms with Gasteiger partial charge in [0.1, 0.15) is 5.01 Å². The number of nitrogens with zero attached hydrogens (tertiary/aromatic N) is 2. The molecule has 0 unspecified atom stereocenters. The minimum Gasteiger partial charge on any atom is -0.346 e. The van der Waals surface area contributed by atoms with Crippen molar-refractivity contribution in [3.8, 4) is 11.3 Å². The summed E-state index contributed by atoms with van der Waals surface area (Å²) in [4.78, 5) is 20.3. The maximum absolute atomic E-state index is 12.9. The number of hydrogen-bond donors (Lipinski definition) is 1. The summed E-state index contributed by atoms with van der Waals surface area (Å²) in [5.74, 6) is -0.441. The molecule has 0 fully saturated rings. The third-order valence-corrected chi connectivity index (χ3v) is 4.84. The van der Waals surface area contributed by atoms with Crippen molar-refractivity contribution in [3.63, 3.8) is 0 Å². The SMILES string of the molecule is O=C(/C=C/c1ccc(Cl)c(C(F)(F)F)c1)NCc1nc(-c2ccncc2)cs1. The third kappa shape index (κ3) is 5.17. The van der Waals surface area contributed by atoms with Crippen LogP contribution in [0, 0.1) is 0 Å². The number of aromatic nitrogens is 2. The van der Waals surface area contributed by atoms with Gasteiger partial charge in [0.05, 0.1) is 22.8 Å². The van der Waals surface area contributed by atoms with Gasteiger partial charge in [0.25, 0.3) is 0 Å². The zero-order valence-corrected chi connectivity index (χ0v) is 15.8. The van der Waals surface area contributed by atoms with Gasteiger partial charge in [-0.25, -0.2) is 4.98 Å². The molecule has 144 valence electrons. The van der Waals surface area contributed by atoms with Crippen LogP contribution in [0.2, 0.25) is 5.02 Å². The Labute approximate surface area is 167 Å². The summed E-state index contributed by atoms with van der Waals surface area (Å²) in [6, 6.07) is 7.12. The van der Waals surface area contributed by atoms with Gasteiger partial charge in [-0.2, -0.15) is 13.2 Å². The lowest BCUT2D eigenvalue weighted by Gasteiger charge is -2.09. The summed E-state index contributed by atoms with van der Waals surface area (Å²) >= 11 is 6.97. The molecule has 0 spiro atoms. The maximum atomic E-state index is 12.9. The van der Waals surface area contributed by atoms with E-state index in [1.54, 1.807) is 12.4 Å². The second-order valence-corrected chi connectivity index (χ2v) is 7.00. The second-order valence-electron chi connectivity index (χ2n) is 5.65. The number of thiazole rings is 1. The fraction of sp³-hybridized carbons (Fsp3) is 0.105. The Kier molecular flexibility index (Phi) is 6.11. The van der Waals surface area contributed by atoms with Crippen molar-refractivity contribution in [2.45, 2.75) is 12.7 Å². The molecular weight excluding hydrogens is 411 g/mol. The average molecular weight is 424 g/mol. The van der Waals surface area contributed by atoms with Crippen molar-refractivity contribution in [2.75, 3.05) is 0 Å². The minimum atomic E-state index is -4.56. The molecule has 0 aliphatic carbocycles. The third-order valence-electron chi connectivity index (χ3n) is 3.66. The Morgan fingerprint density at radius 2 is 1.96 bits per heavy atom. The van der Waals surface area contributed by atoms with Gasteiger partial charge in [0, 0.05) is 29.4 Å². The summed E-state index contributed by atoms with van der Waals surface area (Å²) in [7, 11) is 0. The van der Waals surface area contributed by atoms with Crippen molar-refractivity contribution in [3.05, 3.63) is 75.3 Å². The normalized spacial score (nSPS) is 11.7. The Morgan fingerprint density at radius 3 is 2.68 bits per heavy atom. The molecule has 0 radical (unpaired) electrons. The van der Waals surface area contributed by atoms with Crippen LogP contribution < -0.4 is 5.32 Å². The lowest BCUT2D eigenvalue weighted by atomic mass is 10.1. The van der Waals surface area contributed by atoms with Gasteiger partial charge in [0.2, 0.25) is 5.91 Å². The van der Waals surface area contributed by atoms with E-state index in [1.165, 1.54) is 29.6 Å². The zero-order chi connectivity index (χ0) is 20.1. The second kappa shape index (κ2) is 8.53. The molecule has 1 aromatic carbocycles. The Bertz CT molecular complexity index is 1000. The highest BCUT2D eigenvalue weighted by molar-refractivity contribution is 7.09. The van der Waals surface area contributed by atoms with Gasteiger partial charge in [-0.1, -0.05) is 17.7 Å². The van der Waals surface area contributed by atoms with Crippen LogP contribution in [-0.4, -0.2) is 15.9 Å². The van der Waals surface area contributed by atoms with Gasteiger partial charge < -0.3 is 5.32 Å². The standard InChI is InChI=1S/C19H13ClF3N3OS/c20-15-3-1-12(9-14(15)19(21,22)23)2-4-17(27)25-10-18-26-16(11-28-18)13-5-7-24-8-6-13/h1-9,11H,10H2,(H,25,27)/b4-2+. The molecule has 3 rings (SSSR count). The van der Waals surface area contributed by atoms with E-state index in [2.05, 4.69) is 15.3 Å². The highest BCUT2D eigenvalue weighted by Crippen LogP contribution is 2.35. The summed E-state index contributed by atoms with van der Waals surface area (Å²) in [5, 5.41) is 4.85. The highest BCUT2D eigenvalue weighted by Gasteiger charge is 2.33. The molecule has 0 saturated carbocycles. The summed E-state index contributed by atoms with van der Waals surface area (Å²) in [5.41, 5.74) is 0.990. The van der Waals surface area contributed by atoms with E-state index in [0.717, 1.165) is 23.4 Å². The molecule has 0 bridgehead atoms. The molecule has 0 aliphatic rings. The number of carbonyl (C=O) groups is 1. The molecule has 1 N–H and O–H groups in total. The number of nitrogens with one attached hydrogen (secondary N) is 1. The van der Waals surface area contributed by atoms with Crippen LogP contribution in [-0.2, 0) is 17.5 Å². The highest BCUT2D eigenvalue weighted by atomic mass is 35.5. The van der Waals surface area contributed by atoms with E-state index >= 15 is 0 Å². The van der Waals surface area contributed by atoms with E-state index < -0.39 is 17.6 Å². The van der Waals surface area contributed by atoms with Crippen molar-refractivity contribution in [2.24, 2.45) is 0 Å². The van der Waals surface area contributed by atoms with E-state index in [1.807, 2.05) is 17.5 Å². The van der Waals surface area contributed by atoms with Gasteiger partial charge in [-0.15, -0.1) is 11.3 Å². The monoisotopic (exact) mass is 423 g/mol. The topological polar surface area (TPSA) is 54.9 Å². The van der Waals surface area contributed by atoms with Crippen LogP contribution in [0.5, 0.6) is 0 Å². The number of pyridine rings is 1. The Morgan fingerprint density at radius 1 is 1.21 bits per heavy atom. The molecule has 0 atom stereocenters. The van der Waals surface area contributed by atoms with E-state index in [0.29, 0.717) is 5.01 Å². The fourth-order valence-electron chi connectivity index (χ4n) is 2.30. The Hall–Kier alpha value is -2.71. The van der Waals surface area contributed by atoms with Gasteiger partial charge in [0.15, 0.2) is 0 Å². The fourth-order valence-corrected chi connectivity index (χ4v) is 3.27. The van der Waals surface area contributed by atoms with Crippen LogP contribution in [0.15, 0.2) is 54.2 Å². The van der Waals surface area contributed by atoms with Crippen molar-refractivity contribution < 1.29 is 18.0 Å². The molecule has 28 heavy (non-hydrogen) atoms. The molecule has 9 heteroatoms.